The van der Waals surface area contributed by atoms with E-state index in [1.54, 1.807) is 6.92 Å². The van der Waals surface area contributed by atoms with Crippen molar-refractivity contribution in [3.8, 4) is 0 Å². The van der Waals surface area contributed by atoms with E-state index in [0.717, 1.165) is 15.5 Å². The largest absolute Gasteiger partial charge is 0.249 e. The van der Waals surface area contributed by atoms with Gasteiger partial charge in [0.1, 0.15) is 0 Å². The highest BCUT2D eigenvalue weighted by Gasteiger charge is 2.38. The molecule has 1 nitrogen and oxygen atoms in total. The van der Waals surface area contributed by atoms with E-state index in [1.807, 2.05) is 56.3 Å². The second kappa shape index (κ2) is 4.49. The lowest BCUT2D eigenvalue weighted by atomic mass is 10.4. The molecule has 1 unspecified atom stereocenters. The average Bonchev–Trinajstić information content (AvgIpc) is 2.55. The van der Waals surface area contributed by atoms with Crippen molar-refractivity contribution >= 4 is 15.5 Å². The van der Waals surface area contributed by atoms with Crippen LogP contribution in [0.3, 0.4) is 0 Å². The molecule has 3 heteroatoms. The van der Waals surface area contributed by atoms with Crippen LogP contribution in [0.15, 0.2) is 63.0 Å². The first-order chi connectivity index (χ1) is 8.10. The van der Waals surface area contributed by atoms with Gasteiger partial charge < -0.3 is 0 Å². The van der Waals surface area contributed by atoms with E-state index in [1.165, 1.54) is 0 Å². The van der Waals surface area contributed by atoms with Crippen LogP contribution in [-0.4, -0.2) is 5.04 Å². The first-order valence-corrected chi connectivity index (χ1v) is 7.11. The van der Waals surface area contributed by atoms with E-state index in [-0.39, 0.29) is 0 Å². The Morgan fingerprint density at radius 2 is 1.82 bits per heavy atom. The van der Waals surface area contributed by atoms with Gasteiger partial charge in [-0.2, -0.15) is 3.89 Å². The summed E-state index contributed by atoms with van der Waals surface area (Å²) in [6, 6.07) is 9.34. The highest BCUT2D eigenvalue weighted by atomic mass is 32.3. The van der Waals surface area contributed by atoms with Crippen molar-refractivity contribution in [1.29, 1.82) is 0 Å². The summed E-state index contributed by atoms with van der Waals surface area (Å²) in [5.41, 5.74) is 0.793. The molecule has 1 aromatic carbocycles. The minimum atomic E-state index is -2.57. The first kappa shape index (κ1) is 12.1. The standard InChI is InChI=1S/C14H16FNS/c1-4-8-14-11(2)16-12(3)17(14,15)13-9-6-5-7-10-13/h4-10H,1-3H3/b8-4-. The van der Waals surface area contributed by atoms with Gasteiger partial charge in [-0.15, -0.1) is 0 Å². The minimum absolute atomic E-state index is 0.592. The van der Waals surface area contributed by atoms with Crippen LogP contribution in [0.5, 0.6) is 0 Å². The molecular formula is C14H16FNS. The van der Waals surface area contributed by atoms with Crippen molar-refractivity contribution in [2.75, 3.05) is 0 Å². The Labute approximate surface area is 103 Å². The van der Waals surface area contributed by atoms with E-state index < -0.39 is 10.4 Å². The number of hydrogen-bond acceptors (Lipinski definition) is 1. The molecule has 0 spiro atoms. The Morgan fingerprint density at radius 1 is 1.18 bits per heavy atom. The number of aliphatic imine (C=N–C) groups is 1. The third kappa shape index (κ3) is 1.84. The normalized spacial score (nSPS) is 28.4. The zero-order valence-electron chi connectivity index (χ0n) is 10.3. The van der Waals surface area contributed by atoms with Gasteiger partial charge >= 0.3 is 0 Å². The predicted molar refractivity (Wildman–Crippen MR) is 74.0 cm³/mol. The lowest BCUT2D eigenvalue weighted by Gasteiger charge is -2.28. The van der Waals surface area contributed by atoms with E-state index in [0.29, 0.717) is 5.04 Å². The van der Waals surface area contributed by atoms with Crippen LogP contribution >= 0.6 is 10.4 Å². The number of rotatable bonds is 2. The van der Waals surface area contributed by atoms with Crippen LogP contribution in [0, 0.1) is 0 Å². The van der Waals surface area contributed by atoms with Gasteiger partial charge in [-0.05, 0) is 39.0 Å². The minimum Gasteiger partial charge on any atom is -0.249 e. The SMILES string of the molecule is C/C=C\C1=C(C)N=C(C)S1(F)c1ccccc1. The Hall–Kier alpha value is -1.35. The van der Waals surface area contributed by atoms with Crippen LogP contribution in [0.4, 0.5) is 3.89 Å². The zero-order valence-corrected chi connectivity index (χ0v) is 11.1. The Bertz CT molecular complexity index is 516. The molecule has 1 aliphatic rings. The van der Waals surface area contributed by atoms with Crippen molar-refractivity contribution in [1.82, 2.24) is 0 Å². The topological polar surface area (TPSA) is 12.4 Å². The molecule has 0 radical (unpaired) electrons. The molecule has 0 saturated carbocycles. The maximum Gasteiger partial charge on any atom is 0.0890 e. The molecular weight excluding hydrogens is 233 g/mol. The molecule has 2 rings (SSSR count). The molecule has 17 heavy (non-hydrogen) atoms. The van der Waals surface area contributed by atoms with Crippen LogP contribution in [0.2, 0.25) is 0 Å². The van der Waals surface area contributed by atoms with Gasteiger partial charge in [0.05, 0.1) is 10.7 Å². The summed E-state index contributed by atoms with van der Waals surface area (Å²) in [6.45, 7) is 5.55. The molecule has 0 fully saturated rings. The van der Waals surface area contributed by atoms with Crippen molar-refractivity contribution in [3.63, 3.8) is 0 Å². The Kier molecular flexibility index (Phi) is 3.20. The van der Waals surface area contributed by atoms with Gasteiger partial charge in [-0.3, -0.25) is 0 Å². The van der Waals surface area contributed by atoms with Crippen molar-refractivity contribution in [2.24, 2.45) is 4.99 Å². The quantitative estimate of drug-likeness (QED) is 0.701. The van der Waals surface area contributed by atoms with Gasteiger partial charge in [-0.1, -0.05) is 24.3 Å². The third-order valence-corrected chi connectivity index (χ3v) is 5.64. The number of benzene rings is 1. The summed E-state index contributed by atoms with van der Waals surface area (Å²) in [5.74, 6) is 0. The first-order valence-electron chi connectivity index (χ1n) is 5.57. The molecule has 1 heterocycles. The summed E-state index contributed by atoms with van der Waals surface area (Å²) >= 11 is 0. The van der Waals surface area contributed by atoms with Gasteiger partial charge in [0.15, 0.2) is 0 Å². The van der Waals surface area contributed by atoms with Gasteiger partial charge in [0.2, 0.25) is 0 Å². The lowest BCUT2D eigenvalue weighted by Crippen LogP contribution is -2.02. The van der Waals surface area contributed by atoms with Gasteiger partial charge in [0.25, 0.3) is 0 Å². The number of allylic oxidation sites excluding steroid dienone is 3. The summed E-state index contributed by atoms with van der Waals surface area (Å²) in [4.78, 5) is 5.78. The molecule has 0 bridgehead atoms. The second-order valence-corrected chi connectivity index (χ2v) is 6.51. The summed E-state index contributed by atoms with van der Waals surface area (Å²) in [6.07, 6.45) is 3.72. The molecule has 90 valence electrons. The molecule has 0 saturated heterocycles. The molecule has 1 atom stereocenters. The zero-order chi connectivity index (χ0) is 12.5. The maximum atomic E-state index is 15.4. The van der Waals surface area contributed by atoms with E-state index in [4.69, 9.17) is 0 Å². The van der Waals surface area contributed by atoms with Crippen molar-refractivity contribution in [3.05, 3.63) is 53.1 Å². The summed E-state index contributed by atoms with van der Waals surface area (Å²) < 4.78 is 15.4. The molecule has 0 N–H and O–H groups in total. The van der Waals surface area contributed by atoms with E-state index in [9.17, 15) is 0 Å². The molecule has 1 aliphatic heterocycles. The second-order valence-electron chi connectivity index (χ2n) is 3.93. The number of halogens is 1. The van der Waals surface area contributed by atoms with Crippen molar-refractivity contribution < 1.29 is 3.89 Å². The summed E-state index contributed by atoms with van der Waals surface area (Å²) in [5, 5.41) is 0.592. The van der Waals surface area contributed by atoms with Gasteiger partial charge in [0, 0.05) is 20.2 Å². The Morgan fingerprint density at radius 3 is 2.41 bits per heavy atom. The lowest BCUT2D eigenvalue weighted by molar-refractivity contribution is 0.908. The van der Waals surface area contributed by atoms with Crippen LogP contribution in [-0.2, 0) is 0 Å². The number of hydrogen-bond donors (Lipinski definition) is 0. The highest BCUT2D eigenvalue weighted by Crippen LogP contribution is 2.68. The summed E-state index contributed by atoms with van der Waals surface area (Å²) in [7, 11) is -2.57. The molecule has 1 aromatic rings. The fourth-order valence-electron chi connectivity index (χ4n) is 1.99. The van der Waals surface area contributed by atoms with Crippen LogP contribution in [0.1, 0.15) is 20.8 Å². The van der Waals surface area contributed by atoms with E-state index >= 15 is 3.89 Å². The fraction of sp³-hybridized carbons (Fsp3) is 0.214. The molecule has 0 amide bonds. The predicted octanol–water partition coefficient (Wildman–Crippen LogP) is 4.97. The average molecular weight is 249 g/mol. The Balaban J connectivity index is 2.60. The molecule has 0 aromatic heterocycles. The molecule has 0 aliphatic carbocycles. The monoisotopic (exact) mass is 249 g/mol. The van der Waals surface area contributed by atoms with Crippen LogP contribution < -0.4 is 0 Å². The van der Waals surface area contributed by atoms with E-state index in [2.05, 4.69) is 4.99 Å². The number of nitrogens with zero attached hydrogens (tertiary/aromatic N) is 1. The third-order valence-electron chi connectivity index (χ3n) is 2.78. The maximum absolute atomic E-state index is 15.4. The highest BCUT2D eigenvalue weighted by molar-refractivity contribution is 8.44. The van der Waals surface area contributed by atoms with Crippen LogP contribution in [0.25, 0.3) is 0 Å². The smallest absolute Gasteiger partial charge is 0.0890 e. The van der Waals surface area contributed by atoms with Crippen molar-refractivity contribution in [2.45, 2.75) is 25.7 Å². The fourth-order valence-corrected chi connectivity index (χ4v) is 4.47. The van der Waals surface area contributed by atoms with Gasteiger partial charge in [-0.25, -0.2) is 4.99 Å².